The average molecular weight is 759 g/mol. The summed E-state index contributed by atoms with van der Waals surface area (Å²) in [6.45, 7) is 6.16. The van der Waals surface area contributed by atoms with Crippen LogP contribution in [0.25, 0.3) is 0 Å². The van der Waals surface area contributed by atoms with E-state index in [2.05, 4.69) is 93.7 Å². The second-order valence-electron chi connectivity index (χ2n) is 13.3. The van der Waals surface area contributed by atoms with Crippen LogP contribution in [0.1, 0.15) is 149 Å². The van der Waals surface area contributed by atoms with Gasteiger partial charge in [-0.3, -0.25) is 14.4 Å². The molecule has 0 aliphatic heterocycles. The first-order valence-corrected chi connectivity index (χ1v) is 21.1. The van der Waals surface area contributed by atoms with Gasteiger partial charge >= 0.3 is 17.9 Å². The highest BCUT2D eigenvalue weighted by Crippen LogP contribution is 2.10. The van der Waals surface area contributed by atoms with Gasteiger partial charge in [-0.2, -0.15) is 0 Å². The zero-order valence-corrected chi connectivity index (χ0v) is 34.6. The highest BCUT2D eigenvalue weighted by Gasteiger charge is 2.19. The lowest BCUT2D eigenvalue weighted by molar-refractivity contribution is -0.167. The van der Waals surface area contributed by atoms with Crippen molar-refractivity contribution in [2.75, 3.05) is 13.2 Å². The van der Waals surface area contributed by atoms with E-state index in [1.807, 2.05) is 48.6 Å². The smallest absolute Gasteiger partial charge is 0.306 e. The van der Waals surface area contributed by atoms with E-state index in [0.29, 0.717) is 19.3 Å². The Hall–Kier alpha value is -4.19. The number of hydrogen-bond donors (Lipinski definition) is 0. The summed E-state index contributed by atoms with van der Waals surface area (Å²) in [6, 6.07) is 0. The molecule has 1 atom stereocenters. The van der Waals surface area contributed by atoms with Crippen molar-refractivity contribution in [3.8, 4) is 0 Å². The van der Waals surface area contributed by atoms with Crippen LogP contribution in [0.15, 0.2) is 122 Å². The fourth-order valence-electron chi connectivity index (χ4n) is 4.93. The molecule has 0 spiro atoms. The molecule has 0 heterocycles. The van der Waals surface area contributed by atoms with Crippen LogP contribution in [-0.4, -0.2) is 37.2 Å². The second kappa shape index (κ2) is 42.6. The number of unbranched alkanes of at least 4 members (excludes halogenated alkanes) is 9. The summed E-state index contributed by atoms with van der Waals surface area (Å²) < 4.78 is 16.5. The van der Waals surface area contributed by atoms with Gasteiger partial charge in [-0.25, -0.2) is 0 Å². The number of esters is 3. The Morgan fingerprint density at radius 2 is 0.818 bits per heavy atom. The fraction of sp³-hybridized carbons (Fsp3) is 0.531. The van der Waals surface area contributed by atoms with Crippen molar-refractivity contribution in [1.82, 2.24) is 0 Å². The Labute approximate surface area is 335 Å². The van der Waals surface area contributed by atoms with Gasteiger partial charge in [-0.05, 0) is 83.5 Å². The van der Waals surface area contributed by atoms with Gasteiger partial charge in [0.2, 0.25) is 0 Å². The van der Waals surface area contributed by atoms with Crippen molar-refractivity contribution in [2.45, 2.75) is 155 Å². The van der Waals surface area contributed by atoms with Crippen LogP contribution in [0.4, 0.5) is 0 Å². The van der Waals surface area contributed by atoms with E-state index < -0.39 is 12.1 Å². The fourth-order valence-corrected chi connectivity index (χ4v) is 4.93. The lowest BCUT2D eigenvalue weighted by Crippen LogP contribution is -2.30. The lowest BCUT2D eigenvalue weighted by Gasteiger charge is -2.18. The Kier molecular flexibility index (Phi) is 39.3. The normalized spacial score (nSPS) is 13.3. The van der Waals surface area contributed by atoms with Crippen molar-refractivity contribution < 1.29 is 28.6 Å². The van der Waals surface area contributed by atoms with E-state index in [4.69, 9.17) is 14.2 Å². The van der Waals surface area contributed by atoms with Crippen molar-refractivity contribution in [3.05, 3.63) is 122 Å². The van der Waals surface area contributed by atoms with Gasteiger partial charge in [0, 0.05) is 19.3 Å². The number of allylic oxidation sites excluding steroid dienone is 20. The molecule has 0 saturated carbocycles. The molecule has 0 bridgehead atoms. The van der Waals surface area contributed by atoms with E-state index in [0.717, 1.165) is 83.5 Å². The molecule has 0 radical (unpaired) electrons. The van der Waals surface area contributed by atoms with Crippen molar-refractivity contribution in [2.24, 2.45) is 0 Å². The van der Waals surface area contributed by atoms with Crippen LogP contribution >= 0.6 is 0 Å². The molecule has 0 fully saturated rings. The van der Waals surface area contributed by atoms with Crippen LogP contribution in [-0.2, 0) is 28.6 Å². The number of carbonyl (C=O) groups excluding carboxylic acids is 3. The summed E-state index contributed by atoms with van der Waals surface area (Å²) in [5.74, 6) is -1.07. The Bertz CT molecular complexity index is 1240. The van der Waals surface area contributed by atoms with E-state index in [1.165, 1.54) is 12.8 Å². The number of rotatable bonds is 35. The highest BCUT2D eigenvalue weighted by molar-refractivity contribution is 5.71. The number of ether oxygens (including phenoxy) is 3. The predicted octanol–water partition coefficient (Wildman–Crippen LogP) is 13.4. The van der Waals surface area contributed by atoms with Crippen LogP contribution in [0.2, 0.25) is 0 Å². The van der Waals surface area contributed by atoms with E-state index in [-0.39, 0.29) is 38.0 Å². The van der Waals surface area contributed by atoms with Gasteiger partial charge in [-0.1, -0.05) is 168 Å². The molecule has 0 aromatic rings. The van der Waals surface area contributed by atoms with Gasteiger partial charge in [-0.15, -0.1) is 0 Å². The first kappa shape index (κ1) is 50.8. The standard InChI is InChI=1S/C49H74O6/c1-4-7-10-13-16-19-22-23-24-25-28-30-33-36-39-42-48(51)54-45-46(55-49(52)43-40-37-34-31-27-21-18-15-12-9-6-3)44-53-47(50)41-38-35-32-29-26-20-17-14-11-8-5-2/h7,9-10,12-14,16-26,28,31,34,46H,4-6,8,11,15,27,29-30,32-33,35-45H2,1-3H3/b10-7-,12-9-,16-13-,17-14-,21-18-,22-19-,24-23-,26-20-,28-25-,34-31-. The van der Waals surface area contributed by atoms with E-state index in [1.54, 1.807) is 0 Å². The molecule has 0 saturated heterocycles. The molecular formula is C49H74O6. The van der Waals surface area contributed by atoms with Gasteiger partial charge < -0.3 is 14.2 Å². The van der Waals surface area contributed by atoms with E-state index >= 15 is 0 Å². The summed E-state index contributed by atoms with van der Waals surface area (Å²) in [5.41, 5.74) is 0. The van der Waals surface area contributed by atoms with Crippen LogP contribution in [0.5, 0.6) is 0 Å². The third kappa shape index (κ3) is 40.8. The van der Waals surface area contributed by atoms with Crippen molar-refractivity contribution in [3.63, 3.8) is 0 Å². The van der Waals surface area contributed by atoms with Gasteiger partial charge in [0.05, 0.1) is 0 Å². The topological polar surface area (TPSA) is 78.9 Å². The highest BCUT2D eigenvalue weighted by atomic mass is 16.6. The minimum absolute atomic E-state index is 0.131. The molecule has 55 heavy (non-hydrogen) atoms. The Morgan fingerprint density at radius 3 is 1.35 bits per heavy atom. The first-order valence-electron chi connectivity index (χ1n) is 21.1. The molecule has 0 N–H and O–H groups in total. The van der Waals surface area contributed by atoms with Crippen LogP contribution in [0, 0.1) is 0 Å². The molecular weight excluding hydrogens is 685 g/mol. The summed E-state index contributed by atoms with van der Waals surface area (Å²) in [7, 11) is 0. The molecule has 0 rings (SSSR count). The molecule has 0 aliphatic rings. The first-order chi connectivity index (χ1) is 27.0. The van der Waals surface area contributed by atoms with Gasteiger partial charge in [0.15, 0.2) is 6.10 Å². The average Bonchev–Trinajstić information content (AvgIpc) is 3.18. The molecule has 0 aromatic carbocycles. The van der Waals surface area contributed by atoms with Crippen molar-refractivity contribution >= 4 is 17.9 Å². The minimum atomic E-state index is -0.833. The maximum atomic E-state index is 12.6. The zero-order valence-electron chi connectivity index (χ0n) is 34.6. The minimum Gasteiger partial charge on any atom is -0.462 e. The monoisotopic (exact) mass is 759 g/mol. The third-order valence-electron chi connectivity index (χ3n) is 8.09. The van der Waals surface area contributed by atoms with Crippen molar-refractivity contribution in [1.29, 1.82) is 0 Å². The second-order valence-corrected chi connectivity index (χ2v) is 13.3. The van der Waals surface area contributed by atoms with Crippen LogP contribution in [0.3, 0.4) is 0 Å². The maximum Gasteiger partial charge on any atom is 0.306 e. The third-order valence-corrected chi connectivity index (χ3v) is 8.09. The summed E-state index contributed by atoms with van der Waals surface area (Å²) in [5, 5.41) is 0. The lowest BCUT2D eigenvalue weighted by atomic mass is 10.1. The predicted molar refractivity (Wildman–Crippen MR) is 233 cm³/mol. The molecule has 306 valence electrons. The number of carbonyl (C=O) groups is 3. The molecule has 0 aliphatic carbocycles. The molecule has 0 aromatic heterocycles. The molecule has 0 amide bonds. The quantitative estimate of drug-likeness (QED) is 0.0210. The van der Waals surface area contributed by atoms with Gasteiger partial charge in [0.25, 0.3) is 0 Å². The largest absolute Gasteiger partial charge is 0.462 e. The summed E-state index contributed by atoms with van der Waals surface area (Å²) in [6.07, 6.45) is 57.6. The molecule has 6 heteroatoms. The molecule has 1 unspecified atom stereocenters. The van der Waals surface area contributed by atoms with E-state index in [9.17, 15) is 14.4 Å². The van der Waals surface area contributed by atoms with Crippen LogP contribution < -0.4 is 0 Å². The SMILES string of the molecule is CC\C=C/C=C\C=C/C=C\C=C/CCCCCC(=O)OCC(COC(=O)CCCCC/C=C\C=C/CCCC)OC(=O)CCC/C=C\C/C=C\C/C=C\CC. The Balaban J connectivity index is 4.60. The van der Waals surface area contributed by atoms with Gasteiger partial charge in [0.1, 0.15) is 13.2 Å². The summed E-state index contributed by atoms with van der Waals surface area (Å²) >= 11 is 0. The Morgan fingerprint density at radius 1 is 0.400 bits per heavy atom. The zero-order chi connectivity index (χ0) is 40.1. The maximum absolute atomic E-state index is 12.6. The number of hydrogen-bond acceptors (Lipinski definition) is 6. The summed E-state index contributed by atoms with van der Waals surface area (Å²) in [4.78, 5) is 37.6. The molecule has 6 nitrogen and oxygen atoms in total.